The lowest BCUT2D eigenvalue weighted by molar-refractivity contribution is 1.34. The Morgan fingerprint density at radius 1 is 1.30 bits per heavy atom. The standard InChI is InChI=1S/C6H7Cl2NSi/c7-6(8)10-5-1-3-9-4-2-5/h1-4,6H,10H2. The molecule has 54 valence electrons. The second-order valence-corrected chi connectivity index (χ2v) is 6.30. The van der Waals surface area contributed by atoms with Crippen molar-refractivity contribution < 1.29 is 0 Å². The largest absolute Gasteiger partial charge is 0.265 e. The van der Waals surface area contributed by atoms with Crippen molar-refractivity contribution in [3.8, 4) is 0 Å². The topological polar surface area (TPSA) is 12.9 Å². The molecule has 1 aromatic heterocycles. The van der Waals surface area contributed by atoms with Gasteiger partial charge in [0.2, 0.25) is 0 Å². The number of halogens is 2. The molecule has 10 heavy (non-hydrogen) atoms. The third kappa shape index (κ3) is 2.69. The van der Waals surface area contributed by atoms with Crippen molar-refractivity contribution in [3.05, 3.63) is 24.5 Å². The first kappa shape index (κ1) is 8.05. The Balaban J connectivity index is 2.59. The van der Waals surface area contributed by atoms with Crippen molar-refractivity contribution in [2.75, 3.05) is 0 Å². The summed E-state index contributed by atoms with van der Waals surface area (Å²) in [5, 5.41) is 1.25. The van der Waals surface area contributed by atoms with Crippen LogP contribution in [0.5, 0.6) is 0 Å². The molecule has 4 heteroatoms. The first-order valence-corrected chi connectivity index (χ1v) is 5.36. The lowest BCUT2D eigenvalue weighted by Gasteiger charge is -1.97. The SMILES string of the molecule is ClC(Cl)[SiH2]c1ccncc1. The summed E-state index contributed by atoms with van der Waals surface area (Å²) in [6.07, 6.45) is 3.52. The van der Waals surface area contributed by atoms with E-state index in [0.29, 0.717) is 0 Å². The number of pyridine rings is 1. The van der Waals surface area contributed by atoms with Gasteiger partial charge < -0.3 is 0 Å². The Morgan fingerprint density at radius 3 is 2.40 bits per heavy atom. The van der Waals surface area contributed by atoms with Crippen molar-refractivity contribution in [3.63, 3.8) is 0 Å². The van der Waals surface area contributed by atoms with Crippen LogP contribution >= 0.6 is 23.2 Å². The molecule has 0 N–H and O–H groups in total. The van der Waals surface area contributed by atoms with E-state index < -0.39 is 9.52 Å². The molecule has 0 aliphatic carbocycles. The third-order valence-corrected chi connectivity index (χ3v) is 3.32. The quantitative estimate of drug-likeness (QED) is 0.495. The van der Waals surface area contributed by atoms with Crippen LogP contribution in [0.4, 0.5) is 0 Å². The third-order valence-electron chi connectivity index (χ3n) is 1.14. The van der Waals surface area contributed by atoms with Gasteiger partial charge in [-0.3, -0.25) is 4.98 Å². The molecular formula is C6H7Cl2NSi. The van der Waals surface area contributed by atoms with Crippen molar-refractivity contribution in [2.45, 2.75) is 4.46 Å². The average Bonchev–Trinajstić information content (AvgIpc) is 1.88. The van der Waals surface area contributed by atoms with E-state index in [1.165, 1.54) is 5.19 Å². The highest BCUT2D eigenvalue weighted by Crippen LogP contribution is 1.97. The van der Waals surface area contributed by atoms with Crippen LogP contribution in [0, 0.1) is 0 Å². The maximum absolute atomic E-state index is 5.62. The summed E-state index contributed by atoms with van der Waals surface area (Å²) in [6.45, 7) is 0. The molecule has 0 atom stereocenters. The summed E-state index contributed by atoms with van der Waals surface area (Å²) in [5.74, 6) is 0. The van der Waals surface area contributed by atoms with Gasteiger partial charge in [0, 0.05) is 12.4 Å². The number of hydrogen-bond acceptors (Lipinski definition) is 1. The first-order valence-electron chi connectivity index (χ1n) is 2.96. The van der Waals surface area contributed by atoms with E-state index in [1.807, 2.05) is 12.1 Å². The minimum absolute atomic E-state index is 0.178. The first-order chi connectivity index (χ1) is 4.79. The molecule has 1 rings (SSSR count). The summed E-state index contributed by atoms with van der Waals surface area (Å²) in [4.78, 5) is 3.89. The molecule has 1 nitrogen and oxygen atoms in total. The van der Waals surface area contributed by atoms with E-state index in [2.05, 4.69) is 4.98 Å². The number of rotatable bonds is 2. The molecular weight excluding hydrogens is 185 g/mol. The molecule has 0 fully saturated rings. The molecule has 0 bridgehead atoms. The van der Waals surface area contributed by atoms with Crippen LogP contribution in [0.25, 0.3) is 0 Å². The molecule has 0 radical (unpaired) electrons. The summed E-state index contributed by atoms with van der Waals surface area (Å²) in [7, 11) is -0.486. The van der Waals surface area contributed by atoms with Crippen LogP contribution in [0.15, 0.2) is 24.5 Å². The van der Waals surface area contributed by atoms with Gasteiger partial charge in [0.25, 0.3) is 0 Å². The smallest absolute Gasteiger partial charge is 0.0957 e. The van der Waals surface area contributed by atoms with Gasteiger partial charge in [-0.05, 0) is 12.1 Å². The Hall–Kier alpha value is -0.0531. The van der Waals surface area contributed by atoms with E-state index in [0.717, 1.165) is 0 Å². The maximum atomic E-state index is 5.62. The van der Waals surface area contributed by atoms with Gasteiger partial charge in [0.15, 0.2) is 0 Å². The second-order valence-electron chi connectivity index (χ2n) is 1.95. The summed E-state index contributed by atoms with van der Waals surface area (Å²) >= 11 is 11.2. The lowest BCUT2D eigenvalue weighted by Crippen LogP contribution is -2.19. The fraction of sp³-hybridized carbons (Fsp3) is 0.167. The van der Waals surface area contributed by atoms with E-state index >= 15 is 0 Å². The zero-order valence-electron chi connectivity index (χ0n) is 5.30. The molecule has 1 aromatic rings. The fourth-order valence-corrected chi connectivity index (χ4v) is 2.61. The lowest BCUT2D eigenvalue weighted by atomic mass is 10.5. The molecule has 0 saturated carbocycles. The molecule has 0 saturated heterocycles. The molecule has 0 amide bonds. The van der Waals surface area contributed by atoms with E-state index in [4.69, 9.17) is 23.2 Å². The zero-order valence-corrected chi connectivity index (χ0v) is 8.22. The van der Waals surface area contributed by atoms with Crippen molar-refractivity contribution in [2.24, 2.45) is 0 Å². The number of aromatic nitrogens is 1. The van der Waals surface area contributed by atoms with Gasteiger partial charge in [-0.25, -0.2) is 0 Å². The summed E-state index contributed by atoms with van der Waals surface area (Å²) in [5.41, 5.74) is 0. The minimum atomic E-state index is -0.486. The number of alkyl halides is 2. The molecule has 0 aliphatic rings. The Morgan fingerprint density at radius 2 is 1.90 bits per heavy atom. The van der Waals surface area contributed by atoms with Crippen molar-refractivity contribution in [1.82, 2.24) is 4.98 Å². The number of nitrogens with zero attached hydrogens (tertiary/aromatic N) is 1. The van der Waals surface area contributed by atoms with Crippen molar-refractivity contribution in [1.29, 1.82) is 0 Å². The van der Waals surface area contributed by atoms with Crippen LogP contribution in [0.3, 0.4) is 0 Å². The molecule has 0 aliphatic heterocycles. The Bertz CT molecular complexity index is 190. The predicted octanol–water partition coefficient (Wildman–Crippen LogP) is 0.637. The van der Waals surface area contributed by atoms with Gasteiger partial charge in [-0.2, -0.15) is 0 Å². The van der Waals surface area contributed by atoms with E-state index in [9.17, 15) is 0 Å². The monoisotopic (exact) mass is 191 g/mol. The van der Waals surface area contributed by atoms with Crippen LogP contribution in [0.2, 0.25) is 0 Å². The predicted molar refractivity (Wildman–Crippen MR) is 47.9 cm³/mol. The number of hydrogen-bond donors (Lipinski definition) is 0. The van der Waals surface area contributed by atoms with Crippen LogP contribution < -0.4 is 5.19 Å². The van der Waals surface area contributed by atoms with Gasteiger partial charge in [0.05, 0.1) is 14.0 Å². The summed E-state index contributed by atoms with van der Waals surface area (Å²) < 4.78 is -0.178. The second kappa shape index (κ2) is 3.96. The highest BCUT2D eigenvalue weighted by molar-refractivity contribution is 6.75. The molecule has 0 spiro atoms. The zero-order chi connectivity index (χ0) is 7.40. The van der Waals surface area contributed by atoms with Gasteiger partial charge in [-0.15, -0.1) is 23.2 Å². The van der Waals surface area contributed by atoms with Crippen molar-refractivity contribution >= 4 is 37.9 Å². The highest BCUT2D eigenvalue weighted by atomic mass is 35.5. The fourth-order valence-electron chi connectivity index (χ4n) is 0.697. The minimum Gasteiger partial charge on any atom is -0.265 e. The van der Waals surface area contributed by atoms with Crippen LogP contribution in [-0.4, -0.2) is 19.0 Å². The molecule has 0 unspecified atom stereocenters. The Labute approximate surface area is 72.2 Å². The normalized spacial score (nSPS) is 11.5. The maximum Gasteiger partial charge on any atom is 0.0957 e. The average molecular weight is 192 g/mol. The Kier molecular flexibility index (Phi) is 3.19. The van der Waals surface area contributed by atoms with Crippen LogP contribution in [0.1, 0.15) is 0 Å². The van der Waals surface area contributed by atoms with Crippen LogP contribution in [-0.2, 0) is 0 Å². The summed E-state index contributed by atoms with van der Waals surface area (Å²) in [6, 6.07) is 3.92. The highest BCUT2D eigenvalue weighted by Gasteiger charge is 2.00. The van der Waals surface area contributed by atoms with E-state index in [-0.39, 0.29) is 4.46 Å². The molecule has 1 heterocycles. The van der Waals surface area contributed by atoms with Gasteiger partial charge >= 0.3 is 0 Å². The van der Waals surface area contributed by atoms with Gasteiger partial charge in [0.1, 0.15) is 0 Å². The van der Waals surface area contributed by atoms with E-state index in [1.54, 1.807) is 12.4 Å². The molecule has 0 aromatic carbocycles. The van der Waals surface area contributed by atoms with Gasteiger partial charge in [-0.1, -0.05) is 5.19 Å².